The predicted molar refractivity (Wildman–Crippen MR) is 56.4 cm³/mol. The van der Waals surface area contributed by atoms with Crippen molar-refractivity contribution in [1.82, 2.24) is 5.16 Å². The molecule has 0 unspecified atom stereocenters. The summed E-state index contributed by atoms with van der Waals surface area (Å²) in [6.45, 7) is 3.85. The Morgan fingerprint density at radius 1 is 1.29 bits per heavy atom. The molecule has 0 saturated carbocycles. The van der Waals surface area contributed by atoms with Crippen LogP contribution >= 0.6 is 11.6 Å². The molecule has 0 spiro atoms. The highest BCUT2D eigenvalue weighted by Gasteiger charge is 2.08. The zero-order chi connectivity index (χ0) is 10.1. The molecule has 14 heavy (non-hydrogen) atoms. The van der Waals surface area contributed by atoms with Crippen LogP contribution in [0.4, 0.5) is 0 Å². The van der Waals surface area contributed by atoms with Crippen molar-refractivity contribution in [2.75, 3.05) is 0 Å². The third-order valence-corrected chi connectivity index (χ3v) is 2.58. The zero-order valence-electron chi connectivity index (χ0n) is 8.04. The van der Waals surface area contributed by atoms with E-state index in [0.29, 0.717) is 0 Å². The molecule has 0 N–H and O–H groups in total. The first-order chi connectivity index (χ1) is 6.68. The fourth-order valence-electron chi connectivity index (χ4n) is 1.38. The average molecular weight is 208 g/mol. The highest BCUT2D eigenvalue weighted by Crippen LogP contribution is 2.27. The van der Waals surface area contributed by atoms with Crippen LogP contribution in [0.25, 0.3) is 11.3 Å². The van der Waals surface area contributed by atoms with Crippen LogP contribution in [0.15, 0.2) is 28.8 Å². The molecule has 3 heteroatoms. The predicted octanol–water partition coefficient (Wildman–Crippen LogP) is 3.61. The minimum atomic E-state index is 0.753. The van der Waals surface area contributed by atoms with Crippen molar-refractivity contribution in [2.45, 2.75) is 13.8 Å². The number of nitrogens with zero attached hydrogens (tertiary/aromatic N) is 1. The minimum Gasteiger partial charge on any atom is -0.361 e. The van der Waals surface area contributed by atoms with E-state index in [4.69, 9.17) is 16.1 Å². The van der Waals surface area contributed by atoms with Crippen molar-refractivity contribution in [2.24, 2.45) is 0 Å². The number of aromatic nitrogens is 1. The Kier molecular flexibility index (Phi) is 2.30. The monoisotopic (exact) mass is 207 g/mol. The van der Waals surface area contributed by atoms with Gasteiger partial charge < -0.3 is 4.52 Å². The zero-order valence-corrected chi connectivity index (χ0v) is 8.80. The van der Waals surface area contributed by atoms with Gasteiger partial charge in [-0.3, -0.25) is 0 Å². The van der Waals surface area contributed by atoms with Crippen molar-refractivity contribution in [3.63, 3.8) is 0 Å². The van der Waals surface area contributed by atoms with E-state index in [9.17, 15) is 0 Å². The van der Waals surface area contributed by atoms with Crippen molar-refractivity contribution >= 4 is 11.6 Å². The van der Waals surface area contributed by atoms with E-state index >= 15 is 0 Å². The molecule has 0 fully saturated rings. The van der Waals surface area contributed by atoms with E-state index in [-0.39, 0.29) is 0 Å². The van der Waals surface area contributed by atoms with Gasteiger partial charge in [-0.15, -0.1) is 0 Å². The number of benzene rings is 1. The molecule has 2 rings (SSSR count). The van der Waals surface area contributed by atoms with Crippen molar-refractivity contribution in [3.05, 3.63) is 40.6 Å². The number of hydrogen-bond acceptors (Lipinski definition) is 2. The molecule has 0 aliphatic rings. The molecule has 0 aliphatic carbocycles. The Labute approximate surface area is 87.5 Å². The number of rotatable bonds is 1. The van der Waals surface area contributed by atoms with E-state index in [1.54, 1.807) is 0 Å². The Morgan fingerprint density at radius 2 is 2.07 bits per heavy atom. The van der Waals surface area contributed by atoms with E-state index in [2.05, 4.69) is 5.16 Å². The minimum absolute atomic E-state index is 0.753. The molecule has 72 valence electrons. The number of hydrogen-bond donors (Lipinski definition) is 0. The molecule has 1 aromatic heterocycles. The maximum absolute atomic E-state index is 6.01. The summed E-state index contributed by atoms with van der Waals surface area (Å²) < 4.78 is 5.02. The van der Waals surface area contributed by atoms with Crippen LogP contribution in [0.5, 0.6) is 0 Å². The quantitative estimate of drug-likeness (QED) is 0.714. The molecule has 0 bridgehead atoms. The maximum atomic E-state index is 6.01. The molecular weight excluding hydrogens is 198 g/mol. The van der Waals surface area contributed by atoms with Crippen LogP contribution in [-0.2, 0) is 0 Å². The molecule has 0 saturated heterocycles. The fraction of sp³-hybridized carbons (Fsp3) is 0.182. The fourth-order valence-corrected chi connectivity index (χ4v) is 1.55. The SMILES string of the molecule is Cc1cc(-c2cccc(Cl)c2C)no1. The van der Waals surface area contributed by atoms with Gasteiger partial charge in [-0.1, -0.05) is 28.9 Å². The van der Waals surface area contributed by atoms with Gasteiger partial charge in [-0.05, 0) is 25.5 Å². The van der Waals surface area contributed by atoms with Crippen molar-refractivity contribution < 1.29 is 4.52 Å². The lowest BCUT2D eigenvalue weighted by molar-refractivity contribution is 0.399. The van der Waals surface area contributed by atoms with E-state index < -0.39 is 0 Å². The summed E-state index contributed by atoms with van der Waals surface area (Å²) in [5.74, 6) is 0.805. The van der Waals surface area contributed by atoms with Gasteiger partial charge in [0, 0.05) is 16.7 Å². The summed E-state index contributed by atoms with van der Waals surface area (Å²) in [6.07, 6.45) is 0. The Morgan fingerprint density at radius 3 is 2.71 bits per heavy atom. The summed E-state index contributed by atoms with van der Waals surface area (Å²) in [6, 6.07) is 7.67. The van der Waals surface area contributed by atoms with E-state index in [1.807, 2.05) is 38.1 Å². The van der Waals surface area contributed by atoms with Crippen LogP contribution in [0, 0.1) is 13.8 Å². The highest BCUT2D eigenvalue weighted by atomic mass is 35.5. The largest absolute Gasteiger partial charge is 0.361 e. The summed E-state index contributed by atoms with van der Waals surface area (Å²) in [5, 5.41) is 4.71. The Bertz CT molecular complexity index is 462. The normalized spacial score (nSPS) is 10.5. The summed E-state index contributed by atoms with van der Waals surface area (Å²) in [7, 11) is 0. The maximum Gasteiger partial charge on any atom is 0.134 e. The third kappa shape index (κ3) is 1.53. The van der Waals surface area contributed by atoms with Gasteiger partial charge in [0.25, 0.3) is 0 Å². The van der Waals surface area contributed by atoms with Crippen LogP contribution in [0.3, 0.4) is 0 Å². The van der Waals surface area contributed by atoms with Gasteiger partial charge in [-0.2, -0.15) is 0 Å². The Hall–Kier alpha value is -1.28. The lowest BCUT2D eigenvalue weighted by atomic mass is 10.1. The van der Waals surface area contributed by atoms with Crippen LogP contribution in [-0.4, -0.2) is 5.16 Å². The molecule has 0 aliphatic heterocycles. The first kappa shape index (κ1) is 9.28. The molecule has 1 aromatic carbocycles. The molecule has 1 heterocycles. The molecule has 2 aromatic rings. The Balaban J connectivity index is 2.57. The number of halogens is 1. The first-order valence-corrected chi connectivity index (χ1v) is 4.75. The molecule has 0 amide bonds. The average Bonchev–Trinajstić information content (AvgIpc) is 2.57. The topological polar surface area (TPSA) is 26.0 Å². The second-order valence-electron chi connectivity index (χ2n) is 3.24. The van der Waals surface area contributed by atoms with Gasteiger partial charge in [0.05, 0.1) is 0 Å². The highest BCUT2D eigenvalue weighted by molar-refractivity contribution is 6.31. The first-order valence-electron chi connectivity index (χ1n) is 4.37. The summed E-state index contributed by atoms with van der Waals surface area (Å²) in [5.41, 5.74) is 2.89. The van der Waals surface area contributed by atoms with Gasteiger partial charge in [0.1, 0.15) is 11.5 Å². The van der Waals surface area contributed by atoms with Crippen LogP contribution in [0.2, 0.25) is 5.02 Å². The van der Waals surface area contributed by atoms with Gasteiger partial charge >= 0.3 is 0 Å². The van der Waals surface area contributed by atoms with Crippen molar-refractivity contribution in [3.8, 4) is 11.3 Å². The van der Waals surface area contributed by atoms with Crippen LogP contribution in [0.1, 0.15) is 11.3 Å². The summed E-state index contributed by atoms with van der Waals surface area (Å²) in [4.78, 5) is 0. The molecular formula is C11H10ClNO. The summed E-state index contributed by atoms with van der Waals surface area (Å²) >= 11 is 6.01. The van der Waals surface area contributed by atoms with Gasteiger partial charge in [-0.25, -0.2) is 0 Å². The molecule has 0 atom stereocenters. The van der Waals surface area contributed by atoms with Crippen molar-refractivity contribution in [1.29, 1.82) is 0 Å². The van der Waals surface area contributed by atoms with Gasteiger partial charge in [0.15, 0.2) is 0 Å². The lowest BCUT2D eigenvalue weighted by Gasteiger charge is -2.02. The van der Waals surface area contributed by atoms with Crippen LogP contribution < -0.4 is 0 Å². The molecule has 2 nitrogen and oxygen atoms in total. The lowest BCUT2D eigenvalue weighted by Crippen LogP contribution is -1.83. The van der Waals surface area contributed by atoms with E-state index in [1.165, 1.54) is 0 Å². The van der Waals surface area contributed by atoms with E-state index in [0.717, 1.165) is 27.6 Å². The molecule has 0 radical (unpaired) electrons. The smallest absolute Gasteiger partial charge is 0.134 e. The second kappa shape index (κ2) is 3.46. The second-order valence-corrected chi connectivity index (χ2v) is 3.64. The third-order valence-electron chi connectivity index (χ3n) is 2.17. The van der Waals surface area contributed by atoms with Gasteiger partial charge in [0.2, 0.25) is 0 Å². The number of aryl methyl sites for hydroxylation is 1. The standard InChI is InChI=1S/C11H10ClNO/c1-7-6-11(13-14-7)9-4-3-5-10(12)8(9)2/h3-6H,1-2H3.